The molecule has 0 bridgehead atoms. The number of hydrogen-bond donors (Lipinski definition) is 2. The Morgan fingerprint density at radius 1 is 1.13 bits per heavy atom. The van der Waals surface area contributed by atoms with Gasteiger partial charge < -0.3 is 9.72 Å². The van der Waals surface area contributed by atoms with Gasteiger partial charge in [-0.3, -0.25) is 14.4 Å². The van der Waals surface area contributed by atoms with E-state index in [2.05, 4.69) is 19.7 Å². The van der Waals surface area contributed by atoms with E-state index in [0.717, 1.165) is 30.2 Å². The third kappa shape index (κ3) is 3.99. The molecule has 1 amide bonds. The largest absolute Gasteiger partial charge is 0.379 e. The Hall–Kier alpha value is -3.02. The highest BCUT2D eigenvalue weighted by molar-refractivity contribution is 7.90. The molecule has 1 aliphatic heterocycles. The number of amides is 1. The molecule has 31 heavy (non-hydrogen) atoms. The maximum absolute atomic E-state index is 12.6. The van der Waals surface area contributed by atoms with Crippen molar-refractivity contribution < 1.29 is 17.9 Å². The highest BCUT2D eigenvalue weighted by Crippen LogP contribution is 2.33. The quantitative estimate of drug-likeness (QED) is 0.538. The molecule has 0 atom stereocenters. The van der Waals surface area contributed by atoms with Gasteiger partial charge in [0.05, 0.1) is 18.9 Å². The maximum Gasteiger partial charge on any atom is 0.301 e. The van der Waals surface area contributed by atoms with Crippen molar-refractivity contribution in [2.75, 3.05) is 35.9 Å². The van der Waals surface area contributed by atoms with Crippen molar-refractivity contribution in [3.63, 3.8) is 0 Å². The average Bonchev–Trinajstić information content (AvgIpc) is 3.50. The first-order valence-electron chi connectivity index (χ1n) is 10.1. The van der Waals surface area contributed by atoms with Gasteiger partial charge in [0.25, 0.3) is 0 Å². The summed E-state index contributed by atoms with van der Waals surface area (Å²) < 4.78 is 34.3. The standard InChI is InChI=1S/C20H22N6O4S/c27-13-26(16-5-6-16)20-22-18(17-7-8-21-19(17)23-20)14-1-3-15(4-2-14)24-31(28,29)25-9-11-30-12-10-25/h1-4,7-8,13,16,24H,5-6,9-12H2,(H,21,22,23). The van der Waals surface area contributed by atoms with Crippen LogP contribution in [0.25, 0.3) is 22.3 Å². The lowest BCUT2D eigenvalue weighted by molar-refractivity contribution is -0.107. The SMILES string of the molecule is O=CN(c1nc(-c2ccc(NS(=O)(=O)N3CCOCC3)cc2)c2cc[nH]c2n1)C1CC1. The number of aromatic amines is 1. The van der Waals surface area contributed by atoms with Crippen LogP contribution in [0.2, 0.25) is 0 Å². The van der Waals surface area contributed by atoms with Gasteiger partial charge in [-0.1, -0.05) is 12.1 Å². The van der Waals surface area contributed by atoms with Crippen LogP contribution in [0.15, 0.2) is 36.5 Å². The first kappa shape index (κ1) is 19.9. The number of carbonyl (C=O) groups excluding carboxylic acids is 1. The number of anilines is 2. The molecule has 11 heteroatoms. The number of rotatable bonds is 7. The molecule has 0 radical (unpaired) electrons. The maximum atomic E-state index is 12.6. The molecule has 1 saturated heterocycles. The first-order chi connectivity index (χ1) is 15.0. The van der Waals surface area contributed by atoms with Gasteiger partial charge in [0, 0.05) is 42.0 Å². The molecular formula is C20H22N6O4S. The lowest BCUT2D eigenvalue weighted by Gasteiger charge is -2.26. The second kappa shape index (κ2) is 7.91. The summed E-state index contributed by atoms with van der Waals surface area (Å²) in [7, 11) is -3.64. The fourth-order valence-corrected chi connectivity index (χ4v) is 4.80. The molecule has 2 N–H and O–H groups in total. The summed E-state index contributed by atoms with van der Waals surface area (Å²) in [5.41, 5.74) is 2.58. The van der Waals surface area contributed by atoms with Crippen LogP contribution >= 0.6 is 0 Å². The molecule has 0 unspecified atom stereocenters. The van der Waals surface area contributed by atoms with Crippen molar-refractivity contribution in [2.24, 2.45) is 0 Å². The molecule has 2 aliphatic rings. The van der Waals surface area contributed by atoms with Crippen molar-refractivity contribution in [2.45, 2.75) is 18.9 Å². The van der Waals surface area contributed by atoms with E-state index in [0.29, 0.717) is 49.3 Å². The zero-order valence-electron chi connectivity index (χ0n) is 16.7. The second-order valence-electron chi connectivity index (χ2n) is 7.55. The molecule has 5 rings (SSSR count). The molecular weight excluding hydrogens is 420 g/mol. The van der Waals surface area contributed by atoms with E-state index in [9.17, 15) is 13.2 Å². The lowest BCUT2D eigenvalue weighted by Crippen LogP contribution is -2.43. The Bertz CT molecular complexity index is 1200. The van der Waals surface area contributed by atoms with Gasteiger partial charge in [0.2, 0.25) is 12.4 Å². The van der Waals surface area contributed by atoms with Crippen LogP contribution in [0, 0.1) is 0 Å². The molecule has 2 fully saturated rings. The van der Waals surface area contributed by atoms with Gasteiger partial charge in [-0.25, -0.2) is 4.98 Å². The second-order valence-corrected chi connectivity index (χ2v) is 9.22. The van der Waals surface area contributed by atoms with Crippen LogP contribution in [-0.2, 0) is 19.7 Å². The van der Waals surface area contributed by atoms with E-state index in [1.165, 1.54) is 4.31 Å². The number of fused-ring (bicyclic) bond motifs is 1. The fourth-order valence-electron chi connectivity index (χ4n) is 3.61. The van der Waals surface area contributed by atoms with Crippen LogP contribution in [-0.4, -0.2) is 66.4 Å². The predicted molar refractivity (Wildman–Crippen MR) is 116 cm³/mol. The fraction of sp³-hybridized carbons (Fsp3) is 0.350. The summed E-state index contributed by atoms with van der Waals surface area (Å²) >= 11 is 0. The molecule has 0 spiro atoms. The normalized spacial score (nSPS) is 17.5. The van der Waals surface area contributed by atoms with Gasteiger partial charge in [-0.15, -0.1) is 0 Å². The van der Waals surface area contributed by atoms with Gasteiger partial charge in [-0.2, -0.15) is 17.7 Å². The molecule has 2 aromatic heterocycles. The van der Waals surface area contributed by atoms with Gasteiger partial charge >= 0.3 is 10.2 Å². The smallest absolute Gasteiger partial charge is 0.301 e. The number of ether oxygens (including phenoxy) is 1. The summed E-state index contributed by atoms with van der Waals surface area (Å²) in [6, 6.07) is 9.04. The minimum Gasteiger partial charge on any atom is -0.379 e. The Morgan fingerprint density at radius 3 is 2.55 bits per heavy atom. The number of H-pyrrole nitrogens is 1. The minimum atomic E-state index is -3.64. The molecule has 1 aliphatic carbocycles. The third-order valence-corrected chi connectivity index (χ3v) is 6.94. The van der Waals surface area contributed by atoms with Gasteiger partial charge in [0.1, 0.15) is 5.65 Å². The number of nitrogens with zero attached hydrogens (tertiary/aromatic N) is 4. The first-order valence-corrected chi connectivity index (χ1v) is 11.5. The van der Waals surface area contributed by atoms with Crippen molar-refractivity contribution in [1.82, 2.24) is 19.3 Å². The molecule has 1 aromatic carbocycles. The van der Waals surface area contributed by atoms with E-state index in [-0.39, 0.29) is 6.04 Å². The van der Waals surface area contributed by atoms with Crippen molar-refractivity contribution in [1.29, 1.82) is 0 Å². The van der Waals surface area contributed by atoms with Crippen molar-refractivity contribution in [3.05, 3.63) is 36.5 Å². The van der Waals surface area contributed by atoms with Crippen LogP contribution in [0.1, 0.15) is 12.8 Å². The number of benzene rings is 1. The molecule has 162 valence electrons. The van der Waals surface area contributed by atoms with Crippen LogP contribution < -0.4 is 9.62 Å². The molecule has 3 heterocycles. The zero-order valence-corrected chi connectivity index (χ0v) is 17.5. The lowest BCUT2D eigenvalue weighted by atomic mass is 10.1. The van der Waals surface area contributed by atoms with E-state index in [4.69, 9.17) is 4.74 Å². The summed E-state index contributed by atoms with van der Waals surface area (Å²) in [4.78, 5) is 25.4. The van der Waals surface area contributed by atoms with Crippen LogP contribution in [0.5, 0.6) is 0 Å². The topological polar surface area (TPSA) is 121 Å². The average molecular weight is 443 g/mol. The van der Waals surface area contributed by atoms with Gasteiger partial charge in [-0.05, 0) is 31.0 Å². The van der Waals surface area contributed by atoms with E-state index < -0.39 is 10.2 Å². The number of morpholine rings is 1. The van der Waals surface area contributed by atoms with Gasteiger partial charge in [0.15, 0.2) is 0 Å². The Balaban J connectivity index is 1.44. The minimum absolute atomic E-state index is 0.148. The summed E-state index contributed by atoms with van der Waals surface area (Å²) in [5, 5.41) is 0.826. The Kier molecular flexibility index (Phi) is 5.08. The van der Waals surface area contributed by atoms with E-state index >= 15 is 0 Å². The number of nitrogens with one attached hydrogen (secondary N) is 2. The summed E-state index contributed by atoms with van der Waals surface area (Å²) in [6.45, 7) is 1.44. The monoisotopic (exact) mass is 442 g/mol. The number of carbonyl (C=O) groups is 1. The molecule has 10 nitrogen and oxygen atoms in total. The van der Waals surface area contributed by atoms with Crippen molar-refractivity contribution >= 4 is 39.3 Å². The zero-order chi connectivity index (χ0) is 21.4. The predicted octanol–water partition coefficient (Wildman–Crippen LogP) is 1.74. The molecule has 3 aromatic rings. The highest BCUT2D eigenvalue weighted by atomic mass is 32.2. The van der Waals surface area contributed by atoms with Crippen molar-refractivity contribution in [3.8, 4) is 11.3 Å². The summed E-state index contributed by atoms with van der Waals surface area (Å²) in [6.07, 6.45) is 4.44. The number of hydrogen-bond acceptors (Lipinski definition) is 6. The third-order valence-electron chi connectivity index (χ3n) is 5.40. The highest BCUT2D eigenvalue weighted by Gasteiger charge is 2.31. The summed E-state index contributed by atoms with van der Waals surface area (Å²) in [5.74, 6) is 0.361. The molecule has 1 saturated carbocycles. The Morgan fingerprint density at radius 2 is 1.87 bits per heavy atom. The van der Waals surface area contributed by atoms with Crippen LogP contribution in [0.4, 0.5) is 11.6 Å². The van der Waals surface area contributed by atoms with Crippen LogP contribution in [0.3, 0.4) is 0 Å². The number of aromatic nitrogens is 3. The Labute approximate surface area is 179 Å². The van der Waals surface area contributed by atoms with E-state index in [1.54, 1.807) is 35.4 Å². The van der Waals surface area contributed by atoms with E-state index in [1.807, 2.05) is 6.07 Å².